The van der Waals surface area contributed by atoms with Gasteiger partial charge in [0.1, 0.15) is 0 Å². The predicted octanol–water partition coefficient (Wildman–Crippen LogP) is 2.36. The second-order valence-electron chi connectivity index (χ2n) is 5.95. The molecule has 0 aromatic carbocycles. The summed E-state index contributed by atoms with van der Waals surface area (Å²) < 4.78 is 0. The average molecular weight is 290 g/mol. The first kappa shape index (κ1) is 12.8. The molecule has 0 radical (unpaired) electrons. The number of halogens is 1. The molecule has 2 nitrogen and oxygen atoms in total. The van der Waals surface area contributed by atoms with Crippen molar-refractivity contribution in [2.24, 2.45) is 23.7 Å². The summed E-state index contributed by atoms with van der Waals surface area (Å²) in [6, 6.07) is 0. The third-order valence-electron chi connectivity index (χ3n) is 4.53. The molecule has 2 aliphatic rings. The van der Waals surface area contributed by atoms with Crippen molar-refractivity contribution in [2.45, 2.75) is 32.8 Å². The van der Waals surface area contributed by atoms with Crippen LogP contribution in [0.2, 0.25) is 0 Å². The Kier molecular flexibility index (Phi) is 4.31. The minimum absolute atomic E-state index is 0.0172. The van der Waals surface area contributed by atoms with Gasteiger partial charge in [-0.15, -0.1) is 0 Å². The maximum atomic E-state index is 9.88. The summed E-state index contributed by atoms with van der Waals surface area (Å²) >= 11 is 3.62. The van der Waals surface area contributed by atoms with Gasteiger partial charge < -0.3 is 10.0 Å². The van der Waals surface area contributed by atoms with Crippen LogP contribution in [-0.4, -0.2) is 41.1 Å². The van der Waals surface area contributed by atoms with E-state index in [1.807, 2.05) is 0 Å². The summed E-state index contributed by atoms with van der Waals surface area (Å²) in [5, 5.41) is 11.0. The first-order valence-electron chi connectivity index (χ1n) is 6.58. The Morgan fingerprint density at radius 3 is 2.62 bits per heavy atom. The number of hydrogen-bond donors (Lipinski definition) is 1. The van der Waals surface area contributed by atoms with E-state index in [1.165, 1.54) is 19.5 Å². The summed E-state index contributed by atoms with van der Waals surface area (Å²) in [6.45, 7) is 8.15. The summed E-state index contributed by atoms with van der Waals surface area (Å²) in [7, 11) is 0. The van der Waals surface area contributed by atoms with Gasteiger partial charge in [-0.1, -0.05) is 29.8 Å². The highest BCUT2D eigenvalue weighted by atomic mass is 79.9. The number of nitrogens with zero attached hydrogens (tertiary/aromatic N) is 1. The zero-order valence-corrected chi connectivity index (χ0v) is 12.0. The molecule has 2 rings (SSSR count). The van der Waals surface area contributed by atoms with E-state index >= 15 is 0 Å². The largest absolute Gasteiger partial charge is 0.393 e. The Morgan fingerprint density at radius 1 is 1.31 bits per heavy atom. The Hall–Kier alpha value is 0.400. The summed E-state index contributed by atoms with van der Waals surface area (Å²) in [4.78, 5) is 2.57. The number of rotatable bonds is 4. The normalized spacial score (nSPS) is 36.9. The second kappa shape index (κ2) is 5.36. The van der Waals surface area contributed by atoms with Gasteiger partial charge >= 0.3 is 0 Å². The van der Waals surface area contributed by atoms with Gasteiger partial charge in [0.25, 0.3) is 0 Å². The highest BCUT2D eigenvalue weighted by Gasteiger charge is 2.42. The van der Waals surface area contributed by atoms with Gasteiger partial charge in [-0.3, -0.25) is 0 Å². The third-order valence-corrected chi connectivity index (χ3v) is 5.36. The van der Waals surface area contributed by atoms with Gasteiger partial charge in [-0.05, 0) is 30.6 Å². The lowest BCUT2D eigenvalue weighted by atomic mass is 9.97. The van der Waals surface area contributed by atoms with Crippen molar-refractivity contribution < 1.29 is 5.11 Å². The Bertz CT molecular complexity index is 234. The van der Waals surface area contributed by atoms with E-state index < -0.39 is 0 Å². The second-order valence-corrected chi connectivity index (χ2v) is 6.59. The molecule has 4 unspecified atom stereocenters. The molecule has 0 bridgehead atoms. The third kappa shape index (κ3) is 2.62. The number of likely N-dealkylation sites (tertiary alicyclic amines) is 1. The van der Waals surface area contributed by atoms with E-state index in [0.717, 1.165) is 36.0 Å². The zero-order chi connectivity index (χ0) is 11.7. The van der Waals surface area contributed by atoms with Gasteiger partial charge in [0, 0.05) is 30.9 Å². The molecule has 0 spiro atoms. The van der Waals surface area contributed by atoms with Crippen molar-refractivity contribution in [3.8, 4) is 0 Å². The van der Waals surface area contributed by atoms with Gasteiger partial charge in [-0.2, -0.15) is 0 Å². The molecule has 1 aliphatic heterocycles. The molecular formula is C13H24BrNO. The van der Waals surface area contributed by atoms with E-state index in [2.05, 4.69) is 34.7 Å². The summed E-state index contributed by atoms with van der Waals surface area (Å²) in [6.07, 6.45) is 2.26. The fourth-order valence-electron chi connectivity index (χ4n) is 3.25. The first-order valence-corrected chi connectivity index (χ1v) is 7.70. The lowest BCUT2D eigenvalue weighted by Gasteiger charge is -2.26. The zero-order valence-electron chi connectivity index (χ0n) is 10.4. The van der Waals surface area contributed by atoms with Crippen molar-refractivity contribution in [2.75, 3.05) is 25.0 Å². The predicted molar refractivity (Wildman–Crippen MR) is 70.8 cm³/mol. The fraction of sp³-hybridized carbons (Fsp3) is 1.00. The van der Waals surface area contributed by atoms with Crippen molar-refractivity contribution in [1.29, 1.82) is 0 Å². The first-order chi connectivity index (χ1) is 7.61. The average Bonchev–Trinajstić information content (AvgIpc) is 2.77. The summed E-state index contributed by atoms with van der Waals surface area (Å²) in [5.74, 6) is 2.84. The number of alkyl halides is 1. The molecule has 1 saturated carbocycles. The molecule has 3 heteroatoms. The fourth-order valence-corrected chi connectivity index (χ4v) is 4.20. The maximum Gasteiger partial charge on any atom is 0.0583 e. The Morgan fingerprint density at radius 2 is 2.06 bits per heavy atom. The highest BCUT2D eigenvalue weighted by Crippen LogP contribution is 2.38. The molecule has 0 amide bonds. The van der Waals surface area contributed by atoms with E-state index in [9.17, 15) is 5.11 Å². The number of aliphatic hydroxyl groups excluding tert-OH is 1. The standard InChI is InChI=1S/C13H24BrNO/c1-9(2)11(5-14)7-15-6-10-3-4-13(16)12(10)8-15/h9-13,16H,3-8H2,1-2H3. The summed E-state index contributed by atoms with van der Waals surface area (Å²) in [5.41, 5.74) is 0. The van der Waals surface area contributed by atoms with Crippen molar-refractivity contribution in [1.82, 2.24) is 4.90 Å². The molecule has 1 heterocycles. The van der Waals surface area contributed by atoms with Crippen LogP contribution >= 0.6 is 15.9 Å². The molecule has 0 aromatic heterocycles. The molecule has 4 atom stereocenters. The van der Waals surface area contributed by atoms with Gasteiger partial charge in [0.15, 0.2) is 0 Å². The van der Waals surface area contributed by atoms with Crippen LogP contribution in [0.5, 0.6) is 0 Å². The number of aliphatic hydroxyl groups is 1. The van der Waals surface area contributed by atoms with Crippen molar-refractivity contribution in [3.63, 3.8) is 0 Å². The monoisotopic (exact) mass is 289 g/mol. The van der Waals surface area contributed by atoms with Gasteiger partial charge in [0.2, 0.25) is 0 Å². The van der Waals surface area contributed by atoms with Crippen molar-refractivity contribution in [3.05, 3.63) is 0 Å². The lowest BCUT2D eigenvalue weighted by molar-refractivity contribution is 0.121. The van der Waals surface area contributed by atoms with Crippen LogP contribution in [0.4, 0.5) is 0 Å². The number of hydrogen-bond acceptors (Lipinski definition) is 2. The topological polar surface area (TPSA) is 23.5 Å². The van der Waals surface area contributed by atoms with E-state index in [4.69, 9.17) is 0 Å². The van der Waals surface area contributed by atoms with E-state index in [0.29, 0.717) is 5.92 Å². The molecule has 0 aromatic rings. The maximum absolute atomic E-state index is 9.88. The molecule has 94 valence electrons. The van der Waals surface area contributed by atoms with E-state index in [-0.39, 0.29) is 6.10 Å². The molecule has 1 saturated heterocycles. The van der Waals surface area contributed by atoms with Crippen LogP contribution in [0, 0.1) is 23.7 Å². The molecule has 1 N–H and O–H groups in total. The smallest absolute Gasteiger partial charge is 0.0583 e. The van der Waals surface area contributed by atoms with Crippen LogP contribution in [0.15, 0.2) is 0 Å². The number of fused-ring (bicyclic) bond motifs is 1. The Balaban J connectivity index is 1.85. The minimum atomic E-state index is -0.0172. The SMILES string of the molecule is CC(C)C(CBr)CN1CC2CCC(O)C2C1. The minimum Gasteiger partial charge on any atom is -0.393 e. The quantitative estimate of drug-likeness (QED) is 0.803. The van der Waals surface area contributed by atoms with Crippen LogP contribution < -0.4 is 0 Å². The molecular weight excluding hydrogens is 266 g/mol. The highest BCUT2D eigenvalue weighted by molar-refractivity contribution is 9.09. The molecule has 16 heavy (non-hydrogen) atoms. The van der Waals surface area contributed by atoms with Gasteiger partial charge in [-0.25, -0.2) is 0 Å². The van der Waals surface area contributed by atoms with Crippen molar-refractivity contribution >= 4 is 15.9 Å². The Labute approximate surface area is 108 Å². The van der Waals surface area contributed by atoms with Crippen LogP contribution in [0.25, 0.3) is 0 Å². The van der Waals surface area contributed by atoms with Crippen LogP contribution in [0.1, 0.15) is 26.7 Å². The molecule has 1 aliphatic carbocycles. The van der Waals surface area contributed by atoms with Crippen LogP contribution in [0.3, 0.4) is 0 Å². The van der Waals surface area contributed by atoms with Gasteiger partial charge in [0.05, 0.1) is 6.10 Å². The lowest BCUT2D eigenvalue weighted by Crippen LogP contribution is -2.32. The van der Waals surface area contributed by atoms with Crippen LogP contribution in [-0.2, 0) is 0 Å². The molecule has 2 fully saturated rings. The van der Waals surface area contributed by atoms with E-state index in [1.54, 1.807) is 0 Å².